The minimum atomic E-state index is -1.16. The zero-order chi connectivity index (χ0) is 23.9. The topological polar surface area (TPSA) is 89.9 Å². The first-order valence-electron chi connectivity index (χ1n) is 10.4. The summed E-state index contributed by atoms with van der Waals surface area (Å²) in [7, 11) is 1.22. The molecule has 0 spiro atoms. The smallest absolute Gasteiger partial charge is 0.274 e. The summed E-state index contributed by atoms with van der Waals surface area (Å²) in [5, 5.41) is 2.29. The Kier molecular flexibility index (Phi) is 6.15. The first kappa shape index (κ1) is 22.8. The fourth-order valence-corrected chi connectivity index (χ4v) is 4.43. The molecule has 1 N–H and O–H groups in total. The van der Waals surface area contributed by atoms with E-state index in [0.717, 1.165) is 0 Å². The summed E-state index contributed by atoms with van der Waals surface area (Å²) in [6.45, 7) is 2.36. The molecule has 2 aliphatic heterocycles. The maximum Gasteiger partial charge on any atom is 0.274 e. The van der Waals surface area contributed by atoms with E-state index in [9.17, 15) is 27.6 Å². The Morgan fingerprint density at radius 3 is 2.55 bits per heavy atom. The van der Waals surface area contributed by atoms with E-state index in [1.807, 2.05) is 6.92 Å². The number of fused-ring (bicyclic) bond motifs is 3. The van der Waals surface area contributed by atoms with Crippen molar-refractivity contribution in [3.8, 4) is 5.75 Å². The third-order valence-corrected chi connectivity index (χ3v) is 6.03. The van der Waals surface area contributed by atoms with E-state index in [4.69, 9.17) is 9.47 Å². The molecule has 2 atom stereocenters. The van der Waals surface area contributed by atoms with Crippen LogP contribution in [0.1, 0.15) is 45.8 Å². The lowest BCUT2D eigenvalue weighted by Gasteiger charge is -2.45. The van der Waals surface area contributed by atoms with Crippen LogP contribution in [0.3, 0.4) is 0 Å². The molecule has 176 valence electrons. The standard InChI is InChI=1S/C22H22F3N3O5/c1-3-27-17-10-33-5-4-16(17)28-9-13(19(29)20(32-2)18(28)22(27)31)21(30)26-8-12-14(24)6-11(23)7-15(12)25/h6-7,9,16-17H,3-5,8,10H2,1-2H3,(H,26,30)/t16-,17-/m1/s1. The monoisotopic (exact) mass is 465 g/mol. The SMILES string of the molecule is CCN1C(=O)c2c(OC)c(=O)c(C(=O)NCc3c(F)cc(F)cc3F)cn2[C@@H]2CCOC[C@H]21. The summed E-state index contributed by atoms with van der Waals surface area (Å²) < 4.78 is 53.3. The zero-order valence-electron chi connectivity index (χ0n) is 18.0. The lowest BCUT2D eigenvalue weighted by Crippen LogP contribution is -2.55. The van der Waals surface area contributed by atoms with Gasteiger partial charge in [0.2, 0.25) is 5.43 Å². The molecule has 33 heavy (non-hydrogen) atoms. The van der Waals surface area contributed by atoms with Gasteiger partial charge in [0, 0.05) is 43.6 Å². The van der Waals surface area contributed by atoms with E-state index in [1.165, 1.54) is 13.3 Å². The average molecular weight is 465 g/mol. The minimum Gasteiger partial charge on any atom is -0.491 e. The van der Waals surface area contributed by atoms with Crippen molar-refractivity contribution in [3.05, 3.63) is 62.8 Å². The van der Waals surface area contributed by atoms with Crippen LogP contribution < -0.4 is 15.5 Å². The number of ether oxygens (including phenoxy) is 2. The van der Waals surface area contributed by atoms with Gasteiger partial charge < -0.3 is 24.3 Å². The number of methoxy groups -OCH3 is 1. The number of rotatable bonds is 5. The van der Waals surface area contributed by atoms with Gasteiger partial charge in [-0.3, -0.25) is 14.4 Å². The number of hydrogen-bond acceptors (Lipinski definition) is 5. The van der Waals surface area contributed by atoms with Crippen LogP contribution in [0.2, 0.25) is 0 Å². The van der Waals surface area contributed by atoms with Crippen LogP contribution in [-0.2, 0) is 11.3 Å². The number of halogens is 3. The molecule has 2 aliphatic rings. The highest BCUT2D eigenvalue weighted by atomic mass is 19.1. The molecule has 1 aromatic heterocycles. The van der Waals surface area contributed by atoms with Crippen LogP contribution in [0.15, 0.2) is 23.1 Å². The number of hydrogen-bond donors (Lipinski definition) is 1. The maximum absolute atomic E-state index is 13.9. The van der Waals surface area contributed by atoms with Gasteiger partial charge >= 0.3 is 0 Å². The van der Waals surface area contributed by atoms with Crippen molar-refractivity contribution in [1.82, 2.24) is 14.8 Å². The van der Waals surface area contributed by atoms with Crippen LogP contribution in [0.25, 0.3) is 0 Å². The molecule has 0 bridgehead atoms. The molecule has 2 aromatic rings. The molecular formula is C22H22F3N3O5. The summed E-state index contributed by atoms with van der Waals surface area (Å²) in [5.74, 6) is -5.03. The number of likely N-dealkylation sites (N-methyl/N-ethyl adjacent to an activating group) is 1. The molecule has 1 saturated heterocycles. The summed E-state index contributed by atoms with van der Waals surface area (Å²) in [6, 6.07) is 0.462. The van der Waals surface area contributed by atoms with E-state index in [2.05, 4.69) is 5.32 Å². The molecule has 0 aliphatic carbocycles. The molecule has 4 rings (SSSR count). The van der Waals surface area contributed by atoms with Crippen LogP contribution in [0.5, 0.6) is 5.75 Å². The lowest BCUT2D eigenvalue weighted by molar-refractivity contribution is -0.0176. The Balaban J connectivity index is 1.73. The van der Waals surface area contributed by atoms with Crippen molar-refractivity contribution in [1.29, 1.82) is 0 Å². The number of benzene rings is 1. The molecule has 11 heteroatoms. The third-order valence-electron chi connectivity index (χ3n) is 6.03. The number of aromatic nitrogens is 1. The van der Waals surface area contributed by atoms with Crippen molar-refractivity contribution in [3.63, 3.8) is 0 Å². The van der Waals surface area contributed by atoms with Crippen molar-refractivity contribution in [2.75, 3.05) is 26.9 Å². The number of nitrogens with one attached hydrogen (secondary N) is 1. The fraction of sp³-hybridized carbons (Fsp3) is 0.409. The van der Waals surface area contributed by atoms with Crippen LogP contribution in [-0.4, -0.2) is 54.2 Å². The molecule has 3 heterocycles. The molecule has 0 radical (unpaired) electrons. The highest BCUT2D eigenvalue weighted by Gasteiger charge is 2.43. The van der Waals surface area contributed by atoms with E-state index in [0.29, 0.717) is 38.3 Å². The van der Waals surface area contributed by atoms with Gasteiger partial charge in [-0.1, -0.05) is 0 Å². The second-order valence-corrected chi connectivity index (χ2v) is 7.78. The number of carbonyl (C=O) groups excluding carboxylic acids is 2. The van der Waals surface area contributed by atoms with Crippen LogP contribution >= 0.6 is 0 Å². The van der Waals surface area contributed by atoms with Gasteiger partial charge in [0.05, 0.1) is 25.8 Å². The molecule has 8 nitrogen and oxygen atoms in total. The average Bonchev–Trinajstić information content (AvgIpc) is 2.78. The second kappa shape index (κ2) is 8.89. The van der Waals surface area contributed by atoms with E-state index in [1.54, 1.807) is 9.47 Å². The molecule has 1 aromatic carbocycles. The first-order chi connectivity index (χ1) is 15.8. The van der Waals surface area contributed by atoms with E-state index >= 15 is 0 Å². The molecular weight excluding hydrogens is 443 g/mol. The van der Waals surface area contributed by atoms with Gasteiger partial charge in [-0.05, 0) is 13.3 Å². The number of pyridine rings is 1. The van der Waals surface area contributed by atoms with Gasteiger partial charge in [0.1, 0.15) is 23.0 Å². The second-order valence-electron chi connectivity index (χ2n) is 7.78. The summed E-state index contributed by atoms with van der Waals surface area (Å²) in [6.07, 6.45) is 1.82. The molecule has 1 fully saturated rings. The van der Waals surface area contributed by atoms with Gasteiger partial charge in [0.15, 0.2) is 11.4 Å². The predicted octanol–water partition coefficient (Wildman–Crippen LogP) is 2.01. The van der Waals surface area contributed by atoms with Gasteiger partial charge in [-0.25, -0.2) is 13.2 Å². The van der Waals surface area contributed by atoms with E-state index in [-0.39, 0.29) is 29.1 Å². The normalized spacial score (nSPS) is 19.7. The highest BCUT2D eigenvalue weighted by molar-refractivity contribution is 5.99. The van der Waals surface area contributed by atoms with Crippen molar-refractivity contribution in [2.24, 2.45) is 0 Å². The zero-order valence-corrected chi connectivity index (χ0v) is 18.0. The lowest BCUT2D eigenvalue weighted by atomic mass is 9.96. The van der Waals surface area contributed by atoms with Gasteiger partial charge in [0.25, 0.3) is 11.8 Å². The summed E-state index contributed by atoms with van der Waals surface area (Å²) in [4.78, 5) is 40.6. The van der Waals surface area contributed by atoms with Gasteiger partial charge in [-0.2, -0.15) is 0 Å². The Morgan fingerprint density at radius 2 is 1.91 bits per heavy atom. The van der Waals surface area contributed by atoms with Crippen LogP contribution in [0.4, 0.5) is 13.2 Å². The molecule has 2 amide bonds. The fourth-order valence-electron chi connectivity index (χ4n) is 4.43. The first-order valence-corrected chi connectivity index (χ1v) is 10.4. The maximum atomic E-state index is 13.9. The Labute approximate surface area is 186 Å². The molecule has 0 saturated carbocycles. The Bertz CT molecular complexity index is 1160. The highest BCUT2D eigenvalue weighted by Crippen LogP contribution is 2.35. The summed E-state index contributed by atoms with van der Waals surface area (Å²) in [5.41, 5.74) is -1.68. The predicted molar refractivity (Wildman–Crippen MR) is 110 cm³/mol. The number of carbonyl (C=O) groups is 2. The minimum absolute atomic E-state index is 0.0414. The summed E-state index contributed by atoms with van der Waals surface area (Å²) >= 11 is 0. The van der Waals surface area contributed by atoms with Crippen molar-refractivity contribution >= 4 is 11.8 Å². The molecule has 0 unspecified atom stereocenters. The third kappa shape index (κ3) is 3.86. The van der Waals surface area contributed by atoms with Crippen molar-refractivity contribution in [2.45, 2.75) is 32.0 Å². The number of nitrogens with zero attached hydrogens (tertiary/aromatic N) is 2. The number of amides is 2. The van der Waals surface area contributed by atoms with Crippen molar-refractivity contribution < 1.29 is 32.2 Å². The van der Waals surface area contributed by atoms with E-state index < -0.39 is 46.8 Å². The Morgan fingerprint density at radius 1 is 1.21 bits per heavy atom. The van der Waals surface area contributed by atoms with Crippen LogP contribution in [0, 0.1) is 17.5 Å². The van der Waals surface area contributed by atoms with Gasteiger partial charge in [-0.15, -0.1) is 0 Å². The Hall–Kier alpha value is -3.34. The largest absolute Gasteiger partial charge is 0.491 e. The quantitative estimate of drug-likeness (QED) is 0.730.